The first-order chi connectivity index (χ1) is 11.9. The first-order valence-corrected chi connectivity index (χ1v) is 8.46. The van der Waals surface area contributed by atoms with Crippen LogP contribution in [0.25, 0.3) is 0 Å². The second-order valence-corrected chi connectivity index (χ2v) is 7.12. The second kappa shape index (κ2) is 7.46. The number of nitrogens with one attached hydrogen (secondary N) is 1. The van der Waals surface area contributed by atoms with Crippen LogP contribution in [0.4, 0.5) is 23.2 Å². The van der Waals surface area contributed by atoms with E-state index in [-0.39, 0.29) is 16.5 Å². The highest BCUT2D eigenvalue weighted by Crippen LogP contribution is 2.38. The zero-order chi connectivity index (χ0) is 19.7. The van der Waals surface area contributed by atoms with Crippen LogP contribution >= 0.6 is 23.4 Å². The van der Waals surface area contributed by atoms with E-state index in [2.05, 4.69) is 0 Å². The number of carbonyl (C=O) groups excluding carboxylic acids is 1. The normalized spacial score (nSPS) is 14.0. The van der Waals surface area contributed by atoms with Crippen molar-refractivity contribution < 1.29 is 27.5 Å². The molecule has 2 rings (SSSR count). The van der Waals surface area contributed by atoms with Crippen LogP contribution in [0.1, 0.15) is 12.5 Å². The Balaban J connectivity index is 2.24. The zero-order valence-electron chi connectivity index (χ0n) is 13.6. The predicted molar refractivity (Wildman–Crippen MR) is 92.0 cm³/mol. The summed E-state index contributed by atoms with van der Waals surface area (Å²) in [6.07, 6.45) is -5.12. The Morgan fingerprint density at radius 2 is 1.73 bits per heavy atom. The molecule has 0 fully saturated rings. The molecule has 0 aliphatic rings. The van der Waals surface area contributed by atoms with Crippen molar-refractivity contribution in [3.63, 3.8) is 0 Å². The molecule has 0 bridgehead atoms. The van der Waals surface area contributed by atoms with E-state index in [9.17, 15) is 27.5 Å². The van der Waals surface area contributed by atoms with Crippen LogP contribution in [0.15, 0.2) is 46.2 Å². The van der Waals surface area contributed by atoms with Gasteiger partial charge in [-0.05, 0) is 55.8 Å². The van der Waals surface area contributed by atoms with Crippen LogP contribution < -0.4 is 5.32 Å². The van der Waals surface area contributed by atoms with Gasteiger partial charge in [-0.1, -0.05) is 23.4 Å². The Morgan fingerprint density at radius 1 is 1.15 bits per heavy atom. The molecule has 1 atom stereocenters. The lowest BCUT2D eigenvalue weighted by Gasteiger charge is -2.25. The van der Waals surface area contributed by atoms with Gasteiger partial charge in [0.25, 0.3) is 5.91 Å². The molecular weight excluding hydrogens is 394 g/mol. The minimum atomic E-state index is -5.12. The van der Waals surface area contributed by atoms with E-state index < -0.39 is 17.7 Å². The van der Waals surface area contributed by atoms with Gasteiger partial charge in [0.1, 0.15) is 5.82 Å². The Kier molecular flexibility index (Phi) is 5.89. The van der Waals surface area contributed by atoms with Crippen molar-refractivity contribution in [2.75, 3.05) is 5.32 Å². The van der Waals surface area contributed by atoms with Crippen molar-refractivity contribution in [2.24, 2.45) is 0 Å². The van der Waals surface area contributed by atoms with Gasteiger partial charge in [0.15, 0.2) is 0 Å². The number of hydrogen-bond acceptors (Lipinski definition) is 3. The van der Waals surface area contributed by atoms with Gasteiger partial charge < -0.3 is 10.4 Å². The Morgan fingerprint density at radius 3 is 2.27 bits per heavy atom. The summed E-state index contributed by atoms with van der Waals surface area (Å²) in [5, 5.41) is 11.7. The molecule has 1 amide bonds. The molecule has 0 aliphatic carbocycles. The summed E-state index contributed by atoms with van der Waals surface area (Å²) in [7, 11) is 0. The van der Waals surface area contributed by atoms with Crippen molar-refractivity contribution in [3.05, 3.63) is 52.8 Å². The Hall–Kier alpha value is -1.77. The first kappa shape index (κ1) is 20.5. The number of amides is 1. The number of anilines is 1. The molecule has 140 valence electrons. The minimum Gasteiger partial charge on any atom is -0.373 e. The average Bonchev–Trinajstić information content (AvgIpc) is 2.55. The molecule has 0 saturated carbocycles. The minimum absolute atomic E-state index is 0.0491. The molecule has 9 heteroatoms. The zero-order valence-corrected chi connectivity index (χ0v) is 15.2. The van der Waals surface area contributed by atoms with Gasteiger partial charge in [0.05, 0.1) is 5.02 Å². The van der Waals surface area contributed by atoms with Crippen molar-refractivity contribution >= 4 is 35.0 Å². The molecule has 1 unspecified atom stereocenters. The standard InChI is InChI=1S/C17H14ClF4NO2S/c1-9-12(23-15(24)16(2,25)17(20,21)22)7-8-13(14(9)18)26-11-5-3-10(19)4-6-11/h3-8,25H,1-2H3,(H,23,24). The molecule has 0 aliphatic heterocycles. The number of halogens is 5. The third-order valence-corrected chi connectivity index (χ3v) is 5.30. The Labute approximate surface area is 156 Å². The van der Waals surface area contributed by atoms with Crippen LogP contribution in [0.5, 0.6) is 0 Å². The van der Waals surface area contributed by atoms with E-state index in [4.69, 9.17) is 11.6 Å². The van der Waals surface area contributed by atoms with E-state index >= 15 is 0 Å². The van der Waals surface area contributed by atoms with Gasteiger partial charge in [-0.15, -0.1) is 0 Å². The van der Waals surface area contributed by atoms with Crippen LogP contribution in [0.2, 0.25) is 5.02 Å². The maximum atomic E-state index is 12.9. The van der Waals surface area contributed by atoms with Crippen molar-refractivity contribution in [3.8, 4) is 0 Å². The number of carbonyl (C=O) groups is 1. The average molecular weight is 408 g/mol. The molecule has 2 aromatic carbocycles. The summed E-state index contributed by atoms with van der Waals surface area (Å²) in [5.74, 6) is -1.99. The lowest BCUT2D eigenvalue weighted by molar-refractivity contribution is -0.242. The van der Waals surface area contributed by atoms with Gasteiger partial charge in [-0.25, -0.2) is 4.39 Å². The fourth-order valence-corrected chi connectivity index (χ4v) is 3.06. The predicted octanol–water partition coefficient (Wildman–Crippen LogP) is 5.19. The molecule has 26 heavy (non-hydrogen) atoms. The quantitative estimate of drug-likeness (QED) is 0.686. The van der Waals surface area contributed by atoms with E-state index in [0.29, 0.717) is 22.3 Å². The molecule has 3 nitrogen and oxygen atoms in total. The lowest BCUT2D eigenvalue weighted by Crippen LogP contribution is -2.52. The summed E-state index contributed by atoms with van der Waals surface area (Å²) in [4.78, 5) is 13.1. The van der Waals surface area contributed by atoms with Crippen molar-refractivity contribution in [1.29, 1.82) is 0 Å². The van der Waals surface area contributed by atoms with Gasteiger partial charge in [0, 0.05) is 15.5 Å². The van der Waals surface area contributed by atoms with Gasteiger partial charge in [-0.2, -0.15) is 13.2 Å². The van der Waals surface area contributed by atoms with E-state index in [0.717, 1.165) is 0 Å². The third-order valence-electron chi connectivity index (χ3n) is 3.63. The highest BCUT2D eigenvalue weighted by molar-refractivity contribution is 7.99. The summed E-state index contributed by atoms with van der Waals surface area (Å²) in [6, 6.07) is 8.59. The molecule has 0 aromatic heterocycles. The molecule has 2 aromatic rings. The highest BCUT2D eigenvalue weighted by Gasteiger charge is 2.55. The third kappa shape index (κ3) is 4.31. The monoisotopic (exact) mass is 407 g/mol. The van der Waals surface area contributed by atoms with Crippen molar-refractivity contribution in [2.45, 2.75) is 35.4 Å². The smallest absolute Gasteiger partial charge is 0.373 e. The van der Waals surface area contributed by atoms with Crippen LogP contribution in [0.3, 0.4) is 0 Å². The fraction of sp³-hybridized carbons (Fsp3) is 0.235. The molecule has 0 saturated heterocycles. The van der Waals surface area contributed by atoms with Gasteiger partial charge in [-0.3, -0.25) is 4.79 Å². The highest BCUT2D eigenvalue weighted by atomic mass is 35.5. The summed E-state index contributed by atoms with van der Waals surface area (Å²) in [5.41, 5.74) is -3.15. The second-order valence-electron chi connectivity index (χ2n) is 5.63. The van der Waals surface area contributed by atoms with Gasteiger partial charge in [0.2, 0.25) is 5.60 Å². The van der Waals surface area contributed by atoms with Crippen molar-refractivity contribution in [1.82, 2.24) is 0 Å². The molecule has 0 radical (unpaired) electrons. The number of hydrogen-bond donors (Lipinski definition) is 2. The first-order valence-electron chi connectivity index (χ1n) is 7.26. The van der Waals surface area contributed by atoms with Crippen LogP contribution in [0, 0.1) is 12.7 Å². The number of benzene rings is 2. The number of rotatable bonds is 4. The van der Waals surface area contributed by atoms with E-state index in [1.54, 1.807) is 12.1 Å². The fourth-order valence-electron chi connectivity index (χ4n) is 1.88. The van der Waals surface area contributed by atoms with E-state index in [1.807, 2.05) is 5.32 Å². The summed E-state index contributed by atoms with van der Waals surface area (Å²) in [6.45, 7) is 1.90. The number of aliphatic hydroxyl groups is 1. The molecule has 2 N–H and O–H groups in total. The summed E-state index contributed by atoms with van der Waals surface area (Å²) < 4.78 is 51.2. The topological polar surface area (TPSA) is 49.3 Å². The van der Waals surface area contributed by atoms with E-state index in [1.165, 1.54) is 43.0 Å². The maximum absolute atomic E-state index is 12.9. The summed E-state index contributed by atoms with van der Waals surface area (Å²) >= 11 is 7.47. The SMILES string of the molecule is Cc1c(NC(=O)C(C)(O)C(F)(F)F)ccc(Sc2ccc(F)cc2)c1Cl. The maximum Gasteiger partial charge on any atom is 0.426 e. The molecular formula is C17H14ClF4NO2S. The molecule has 0 spiro atoms. The van der Waals surface area contributed by atoms with Gasteiger partial charge >= 0.3 is 6.18 Å². The van der Waals surface area contributed by atoms with Crippen LogP contribution in [-0.2, 0) is 4.79 Å². The van der Waals surface area contributed by atoms with Crippen LogP contribution in [-0.4, -0.2) is 22.8 Å². The Bertz CT molecular complexity index is 823. The molecule has 0 heterocycles. The lowest BCUT2D eigenvalue weighted by atomic mass is 10.1. The largest absolute Gasteiger partial charge is 0.426 e. The number of alkyl halides is 3.